The maximum atomic E-state index is 13.5. The molecule has 2 atom stereocenters. The van der Waals surface area contributed by atoms with E-state index >= 15 is 0 Å². The summed E-state index contributed by atoms with van der Waals surface area (Å²) in [7, 11) is 0. The van der Waals surface area contributed by atoms with Crippen molar-refractivity contribution < 1.29 is 4.39 Å². The summed E-state index contributed by atoms with van der Waals surface area (Å²) in [6.07, 6.45) is 8.59. The summed E-state index contributed by atoms with van der Waals surface area (Å²) < 4.78 is 17.4. The molecular formula is C23H23FN8. The Hall–Kier alpha value is -3.62. The van der Waals surface area contributed by atoms with Crippen molar-refractivity contribution in [1.29, 1.82) is 0 Å². The number of benzene rings is 1. The van der Waals surface area contributed by atoms with Crippen molar-refractivity contribution in [1.82, 2.24) is 34.3 Å². The molecule has 1 aromatic carbocycles. The third-order valence-electron chi connectivity index (χ3n) is 6.46. The molecule has 1 N–H and O–H groups in total. The molecule has 1 aliphatic carbocycles. The van der Waals surface area contributed by atoms with Crippen LogP contribution in [-0.2, 0) is 0 Å². The predicted molar refractivity (Wildman–Crippen MR) is 117 cm³/mol. The van der Waals surface area contributed by atoms with E-state index < -0.39 is 0 Å². The number of hydrogen-bond donors (Lipinski definition) is 1. The third-order valence-corrected chi connectivity index (χ3v) is 6.46. The molecule has 4 aromatic rings. The van der Waals surface area contributed by atoms with E-state index in [4.69, 9.17) is 9.97 Å². The molecule has 0 amide bonds. The molecule has 8 nitrogen and oxygen atoms in total. The van der Waals surface area contributed by atoms with Crippen molar-refractivity contribution in [2.24, 2.45) is 5.92 Å². The monoisotopic (exact) mass is 430 g/mol. The quantitative estimate of drug-likeness (QED) is 0.504. The molecule has 1 fully saturated rings. The van der Waals surface area contributed by atoms with Gasteiger partial charge in [-0.1, -0.05) is 13.8 Å². The van der Waals surface area contributed by atoms with Gasteiger partial charge in [0.15, 0.2) is 11.6 Å². The van der Waals surface area contributed by atoms with Gasteiger partial charge >= 0.3 is 0 Å². The number of hydrogen-bond acceptors (Lipinski definition) is 6. The van der Waals surface area contributed by atoms with Crippen LogP contribution in [0.15, 0.2) is 43.0 Å². The first-order valence-corrected chi connectivity index (χ1v) is 11.0. The van der Waals surface area contributed by atoms with Crippen LogP contribution in [0.4, 0.5) is 10.2 Å². The van der Waals surface area contributed by atoms with Crippen LogP contribution in [0, 0.1) is 11.7 Å². The van der Waals surface area contributed by atoms with Gasteiger partial charge in [-0.3, -0.25) is 9.13 Å². The van der Waals surface area contributed by atoms with Gasteiger partial charge in [-0.2, -0.15) is 4.98 Å². The number of nitrogens with zero attached hydrogens (tertiary/aromatic N) is 7. The van der Waals surface area contributed by atoms with E-state index in [0.29, 0.717) is 17.7 Å². The van der Waals surface area contributed by atoms with E-state index in [1.807, 2.05) is 15.3 Å². The van der Waals surface area contributed by atoms with Crippen LogP contribution in [0.1, 0.15) is 56.6 Å². The molecule has 9 heteroatoms. The van der Waals surface area contributed by atoms with Gasteiger partial charge in [0.2, 0.25) is 5.95 Å². The van der Waals surface area contributed by atoms with Gasteiger partial charge in [0.1, 0.15) is 23.7 Å². The molecule has 3 aromatic heterocycles. The highest BCUT2D eigenvalue weighted by Gasteiger charge is 2.36. The predicted octanol–water partition coefficient (Wildman–Crippen LogP) is 4.44. The molecule has 162 valence electrons. The summed E-state index contributed by atoms with van der Waals surface area (Å²) >= 11 is 0. The second-order valence-electron chi connectivity index (χ2n) is 8.52. The van der Waals surface area contributed by atoms with Crippen molar-refractivity contribution in [3.63, 3.8) is 0 Å². The van der Waals surface area contributed by atoms with E-state index in [1.54, 1.807) is 24.7 Å². The van der Waals surface area contributed by atoms with Gasteiger partial charge in [-0.15, -0.1) is 10.2 Å². The summed E-state index contributed by atoms with van der Waals surface area (Å²) in [6.45, 7) is 4.34. The van der Waals surface area contributed by atoms with Gasteiger partial charge in [0, 0.05) is 23.9 Å². The highest BCUT2D eigenvalue weighted by molar-refractivity contribution is 5.65. The summed E-state index contributed by atoms with van der Waals surface area (Å²) in [6, 6.07) is 6.33. The fraction of sp³-hybridized carbons (Fsp3) is 0.348. The van der Waals surface area contributed by atoms with Crippen LogP contribution in [-0.4, -0.2) is 34.3 Å². The van der Waals surface area contributed by atoms with E-state index in [0.717, 1.165) is 35.0 Å². The largest absolute Gasteiger partial charge is 0.358 e. The van der Waals surface area contributed by atoms with Gasteiger partial charge in [0.25, 0.3) is 0 Å². The van der Waals surface area contributed by atoms with Crippen molar-refractivity contribution in [2.45, 2.75) is 45.1 Å². The second-order valence-corrected chi connectivity index (χ2v) is 8.52. The van der Waals surface area contributed by atoms with E-state index in [2.05, 4.69) is 34.3 Å². The van der Waals surface area contributed by atoms with Gasteiger partial charge < -0.3 is 5.32 Å². The fourth-order valence-corrected chi connectivity index (χ4v) is 4.49. The lowest BCUT2D eigenvalue weighted by Crippen LogP contribution is -2.26. The summed E-state index contributed by atoms with van der Waals surface area (Å²) in [5.74, 6) is 3.48. The lowest BCUT2D eigenvalue weighted by Gasteiger charge is -2.29. The van der Waals surface area contributed by atoms with Crippen molar-refractivity contribution in [3.8, 4) is 23.0 Å². The van der Waals surface area contributed by atoms with Crippen molar-refractivity contribution >= 4 is 5.82 Å². The Labute approximate surface area is 184 Å². The molecular weight excluding hydrogens is 407 g/mol. The Morgan fingerprint density at radius 3 is 2.72 bits per heavy atom. The Kier molecular flexibility index (Phi) is 4.31. The Morgan fingerprint density at radius 1 is 1.16 bits per heavy atom. The number of anilines is 1. The first kappa shape index (κ1) is 19.1. The minimum Gasteiger partial charge on any atom is -0.358 e. The molecule has 0 saturated heterocycles. The molecule has 1 unspecified atom stereocenters. The average molecular weight is 430 g/mol. The number of rotatable bonds is 5. The zero-order chi connectivity index (χ0) is 21.8. The van der Waals surface area contributed by atoms with E-state index in [1.165, 1.54) is 25.0 Å². The van der Waals surface area contributed by atoms with Crippen molar-refractivity contribution in [2.75, 3.05) is 5.32 Å². The van der Waals surface area contributed by atoms with Crippen LogP contribution in [0.25, 0.3) is 23.0 Å². The molecule has 6 rings (SSSR count). The van der Waals surface area contributed by atoms with E-state index in [-0.39, 0.29) is 17.8 Å². The minimum absolute atomic E-state index is 0.0242. The average Bonchev–Trinajstić information content (AvgIpc) is 3.33. The first-order valence-electron chi connectivity index (χ1n) is 11.0. The highest BCUT2D eigenvalue weighted by atomic mass is 19.1. The molecule has 4 heterocycles. The van der Waals surface area contributed by atoms with Crippen LogP contribution < -0.4 is 5.32 Å². The molecule has 32 heavy (non-hydrogen) atoms. The van der Waals surface area contributed by atoms with Crippen LogP contribution in [0.2, 0.25) is 0 Å². The highest BCUT2D eigenvalue weighted by Crippen LogP contribution is 2.46. The summed E-state index contributed by atoms with van der Waals surface area (Å²) in [5, 5.41) is 12.1. The van der Waals surface area contributed by atoms with Crippen molar-refractivity contribution in [3.05, 3.63) is 60.3 Å². The first-order chi connectivity index (χ1) is 15.6. The fourth-order valence-electron chi connectivity index (χ4n) is 4.49. The van der Waals surface area contributed by atoms with Gasteiger partial charge in [-0.25, -0.2) is 14.4 Å². The number of nitrogens with one attached hydrogen (secondary N) is 1. The standard InChI is InChI=1S/C23H23FN8/c1-3-17-22-30-26-12-32(22)19-18(13(2)14-4-5-14)28-23(29-20(19)27-17)31-11-10-25-21(31)15-6-8-16(24)9-7-15/h6-14,17H,3-5H2,1-2H3,(H,27,28,29)/t13?,17-/m1/s1. The Morgan fingerprint density at radius 2 is 1.97 bits per heavy atom. The zero-order valence-corrected chi connectivity index (χ0v) is 17.9. The molecule has 0 bridgehead atoms. The van der Waals surface area contributed by atoms with E-state index in [9.17, 15) is 4.39 Å². The molecule has 1 saturated carbocycles. The van der Waals surface area contributed by atoms with Gasteiger partial charge in [0.05, 0.1) is 11.7 Å². The number of imidazole rings is 1. The maximum absolute atomic E-state index is 13.5. The number of fused-ring (bicyclic) bond motifs is 3. The van der Waals surface area contributed by atoms with Crippen LogP contribution in [0.5, 0.6) is 0 Å². The minimum atomic E-state index is -0.281. The lowest BCUT2D eigenvalue weighted by molar-refractivity contribution is 0.608. The summed E-state index contributed by atoms with van der Waals surface area (Å²) in [5.41, 5.74) is 2.71. The Balaban J connectivity index is 1.54. The van der Waals surface area contributed by atoms with Crippen LogP contribution >= 0.6 is 0 Å². The SMILES string of the molecule is CC[C@H]1Nc2nc(-n3ccnc3-c3ccc(F)cc3)nc(C(C)C3CC3)c2-n2cnnc21. The second kappa shape index (κ2) is 7.22. The summed E-state index contributed by atoms with van der Waals surface area (Å²) in [4.78, 5) is 14.5. The topological polar surface area (TPSA) is 86.3 Å². The van der Waals surface area contributed by atoms with Crippen LogP contribution in [0.3, 0.4) is 0 Å². The molecule has 0 spiro atoms. The zero-order valence-electron chi connectivity index (χ0n) is 17.9. The normalized spacial score (nSPS) is 18.0. The smallest absolute Gasteiger partial charge is 0.237 e. The van der Waals surface area contributed by atoms with Gasteiger partial charge in [-0.05, 0) is 49.4 Å². The Bertz CT molecular complexity index is 1290. The third kappa shape index (κ3) is 2.99. The number of aromatic nitrogens is 7. The molecule has 1 aliphatic heterocycles. The lowest BCUT2D eigenvalue weighted by atomic mass is 9.99. The maximum Gasteiger partial charge on any atom is 0.237 e. The molecule has 2 aliphatic rings. The number of halogens is 1. The molecule has 0 radical (unpaired) electrons.